The molecular formula is C16H24N2O2. The van der Waals surface area contributed by atoms with Crippen LogP contribution < -0.4 is 10.6 Å². The van der Waals surface area contributed by atoms with Gasteiger partial charge in [-0.15, -0.1) is 0 Å². The fraction of sp³-hybridized carbons (Fsp3) is 0.562. The van der Waals surface area contributed by atoms with Crippen molar-refractivity contribution in [3.63, 3.8) is 0 Å². The summed E-state index contributed by atoms with van der Waals surface area (Å²) in [4.78, 5) is 13.7. The quantitative estimate of drug-likeness (QED) is 0.923. The normalized spacial score (nSPS) is 16.6. The molecule has 0 radical (unpaired) electrons. The number of carbonyl (C=O) groups is 1. The van der Waals surface area contributed by atoms with Crippen molar-refractivity contribution in [2.45, 2.75) is 51.2 Å². The lowest BCUT2D eigenvalue weighted by Gasteiger charge is -2.26. The van der Waals surface area contributed by atoms with Crippen LogP contribution in [-0.2, 0) is 11.2 Å². The second-order valence-corrected chi connectivity index (χ2v) is 6.71. The number of anilines is 1. The number of hydrogen-bond donors (Lipinski definition) is 1. The van der Waals surface area contributed by atoms with Crippen LogP contribution in [-0.4, -0.2) is 24.3 Å². The molecule has 110 valence electrons. The summed E-state index contributed by atoms with van der Waals surface area (Å²) in [6.07, 6.45) is 2.57. The van der Waals surface area contributed by atoms with Crippen molar-refractivity contribution in [1.82, 2.24) is 0 Å². The maximum Gasteiger partial charge on any atom is 0.414 e. The molecule has 0 spiro atoms. The number of ether oxygens (including phenoxy) is 1. The molecule has 0 bridgehead atoms. The third-order valence-corrected chi connectivity index (χ3v) is 3.46. The summed E-state index contributed by atoms with van der Waals surface area (Å²) in [6.45, 7) is 5.59. The summed E-state index contributed by atoms with van der Waals surface area (Å²) in [5.74, 6) is 0. The highest BCUT2D eigenvalue weighted by atomic mass is 16.6. The number of carbonyl (C=O) groups excluding carboxylic acids is 1. The third-order valence-electron chi connectivity index (χ3n) is 3.46. The van der Waals surface area contributed by atoms with Crippen LogP contribution in [0.4, 0.5) is 10.5 Å². The number of nitrogens with two attached hydrogens (primary N) is 1. The molecular weight excluding hydrogens is 252 g/mol. The number of para-hydroxylation sites is 1. The number of amides is 1. The predicted octanol–water partition coefficient (Wildman–Crippen LogP) is 3.09. The van der Waals surface area contributed by atoms with Crippen LogP contribution in [0, 0.1) is 0 Å². The van der Waals surface area contributed by atoms with Gasteiger partial charge in [0.1, 0.15) is 5.60 Å². The first-order valence-electron chi connectivity index (χ1n) is 7.04. The van der Waals surface area contributed by atoms with Gasteiger partial charge in [0.05, 0.1) is 0 Å². The topological polar surface area (TPSA) is 55.6 Å². The molecule has 1 fully saturated rings. The summed E-state index contributed by atoms with van der Waals surface area (Å²) in [6, 6.07) is 7.87. The Labute approximate surface area is 120 Å². The van der Waals surface area contributed by atoms with Gasteiger partial charge >= 0.3 is 6.09 Å². The Morgan fingerprint density at radius 3 is 2.50 bits per heavy atom. The fourth-order valence-electron chi connectivity index (χ4n) is 2.13. The van der Waals surface area contributed by atoms with Gasteiger partial charge in [-0.2, -0.15) is 0 Å². The molecule has 1 aromatic carbocycles. The van der Waals surface area contributed by atoms with Crippen LogP contribution in [0.2, 0.25) is 0 Å². The first-order valence-corrected chi connectivity index (χ1v) is 7.04. The first-order chi connectivity index (χ1) is 9.20. The van der Waals surface area contributed by atoms with E-state index >= 15 is 0 Å². The van der Waals surface area contributed by atoms with Gasteiger partial charge < -0.3 is 10.5 Å². The number of hydrogen-bond acceptors (Lipinski definition) is 3. The van der Waals surface area contributed by atoms with E-state index in [-0.39, 0.29) is 11.6 Å². The Kier molecular flexibility index (Phi) is 3.78. The molecule has 0 saturated heterocycles. The molecule has 2 N–H and O–H groups in total. The molecule has 20 heavy (non-hydrogen) atoms. The Bertz CT molecular complexity index is 501. The van der Waals surface area contributed by atoms with E-state index < -0.39 is 5.60 Å². The standard InChI is InChI=1S/C16H24N2O2/c1-15(2,3)20-14(19)18(4)13-8-6-5-7-12(13)11-16(17)9-10-16/h5-8H,9-11,17H2,1-4H3. The average molecular weight is 276 g/mol. The molecule has 1 aromatic rings. The first kappa shape index (κ1) is 14.9. The van der Waals surface area contributed by atoms with E-state index in [0.29, 0.717) is 0 Å². The summed E-state index contributed by atoms with van der Waals surface area (Å²) in [5, 5.41) is 0. The summed E-state index contributed by atoms with van der Waals surface area (Å²) in [7, 11) is 1.74. The zero-order valence-corrected chi connectivity index (χ0v) is 12.8. The van der Waals surface area contributed by atoms with Gasteiger partial charge in [-0.05, 0) is 51.7 Å². The lowest BCUT2D eigenvalue weighted by Crippen LogP contribution is -2.35. The van der Waals surface area contributed by atoms with Crippen molar-refractivity contribution < 1.29 is 9.53 Å². The van der Waals surface area contributed by atoms with Gasteiger partial charge in [-0.25, -0.2) is 4.79 Å². The maximum atomic E-state index is 12.2. The zero-order valence-electron chi connectivity index (χ0n) is 12.8. The van der Waals surface area contributed by atoms with Crippen LogP contribution in [0.3, 0.4) is 0 Å². The summed E-state index contributed by atoms with van der Waals surface area (Å²) >= 11 is 0. The predicted molar refractivity (Wildman–Crippen MR) is 80.9 cm³/mol. The highest BCUT2D eigenvalue weighted by Crippen LogP contribution is 2.37. The van der Waals surface area contributed by atoms with Crippen molar-refractivity contribution in [3.8, 4) is 0 Å². The monoisotopic (exact) mass is 276 g/mol. The van der Waals surface area contributed by atoms with Crippen LogP contribution in [0.5, 0.6) is 0 Å². The van der Waals surface area contributed by atoms with Gasteiger partial charge in [0, 0.05) is 18.3 Å². The van der Waals surface area contributed by atoms with Crippen molar-refractivity contribution in [1.29, 1.82) is 0 Å². The molecule has 1 aliphatic rings. The van der Waals surface area contributed by atoms with Gasteiger partial charge in [0.2, 0.25) is 0 Å². The van der Waals surface area contributed by atoms with E-state index in [1.807, 2.05) is 45.0 Å². The van der Waals surface area contributed by atoms with Gasteiger partial charge in [-0.3, -0.25) is 4.90 Å². The number of nitrogens with zero attached hydrogens (tertiary/aromatic N) is 1. The van der Waals surface area contributed by atoms with Gasteiger partial charge in [-0.1, -0.05) is 18.2 Å². The Morgan fingerprint density at radius 1 is 1.35 bits per heavy atom. The smallest absolute Gasteiger partial charge is 0.414 e. The van der Waals surface area contributed by atoms with Crippen molar-refractivity contribution in [2.75, 3.05) is 11.9 Å². The molecule has 4 heteroatoms. The molecule has 0 aliphatic heterocycles. The second-order valence-electron chi connectivity index (χ2n) is 6.71. The van der Waals surface area contributed by atoms with Crippen molar-refractivity contribution >= 4 is 11.8 Å². The average Bonchev–Trinajstić information content (AvgIpc) is 3.04. The summed E-state index contributed by atoms with van der Waals surface area (Å²) < 4.78 is 5.41. The largest absolute Gasteiger partial charge is 0.443 e. The Morgan fingerprint density at radius 2 is 1.95 bits per heavy atom. The molecule has 2 rings (SSSR count). The second kappa shape index (κ2) is 5.09. The zero-order chi connectivity index (χ0) is 15.0. The molecule has 0 atom stereocenters. The molecule has 1 aliphatic carbocycles. The molecule has 0 heterocycles. The van der Waals surface area contributed by atoms with E-state index in [0.717, 1.165) is 30.5 Å². The molecule has 0 aromatic heterocycles. The Balaban J connectivity index is 2.16. The maximum absolute atomic E-state index is 12.2. The van der Waals surface area contributed by atoms with Crippen LogP contribution >= 0.6 is 0 Å². The van der Waals surface area contributed by atoms with Gasteiger partial charge in [0.15, 0.2) is 0 Å². The number of benzene rings is 1. The minimum Gasteiger partial charge on any atom is -0.443 e. The fourth-order valence-corrected chi connectivity index (χ4v) is 2.13. The molecule has 4 nitrogen and oxygen atoms in total. The van der Waals surface area contributed by atoms with E-state index in [1.54, 1.807) is 11.9 Å². The van der Waals surface area contributed by atoms with Crippen molar-refractivity contribution in [2.24, 2.45) is 5.73 Å². The van der Waals surface area contributed by atoms with Crippen molar-refractivity contribution in [3.05, 3.63) is 29.8 Å². The molecule has 1 amide bonds. The van der Waals surface area contributed by atoms with E-state index in [1.165, 1.54) is 0 Å². The SMILES string of the molecule is CN(C(=O)OC(C)(C)C)c1ccccc1CC1(N)CC1. The molecule has 1 saturated carbocycles. The van der Waals surface area contributed by atoms with Gasteiger partial charge in [0.25, 0.3) is 0 Å². The highest BCUT2D eigenvalue weighted by Gasteiger charge is 2.38. The lowest BCUT2D eigenvalue weighted by atomic mass is 10.0. The van der Waals surface area contributed by atoms with E-state index in [4.69, 9.17) is 10.5 Å². The Hall–Kier alpha value is -1.55. The highest BCUT2D eigenvalue weighted by molar-refractivity contribution is 5.88. The van der Waals surface area contributed by atoms with E-state index in [2.05, 4.69) is 0 Å². The lowest BCUT2D eigenvalue weighted by molar-refractivity contribution is 0.0589. The summed E-state index contributed by atoms with van der Waals surface area (Å²) in [5.41, 5.74) is 7.59. The third kappa shape index (κ3) is 3.73. The number of rotatable bonds is 3. The van der Waals surface area contributed by atoms with Crippen LogP contribution in [0.1, 0.15) is 39.2 Å². The van der Waals surface area contributed by atoms with Crippen LogP contribution in [0.25, 0.3) is 0 Å². The minimum absolute atomic E-state index is 0.0785. The molecule has 0 unspecified atom stereocenters. The van der Waals surface area contributed by atoms with E-state index in [9.17, 15) is 4.79 Å². The minimum atomic E-state index is -0.494. The van der Waals surface area contributed by atoms with Crippen LogP contribution in [0.15, 0.2) is 24.3 Å².